The smallest absolute Gasteiger partial charge is 0.225 e. The summed E-state index contributed by atoms with van der Waals surface area (Å²) in [7, 11) is 0. The minimum atomic E-state index is -0.434. The van der Waals surface area contributed by atoms with Crippen molar-refractivity contribution in [3.63, 3.8) is 0 Å². The summed E-state index contributed by atoms with van der Waals surface area (Å²) in [4.78, 5) is 13.8. The molecule has 3 heterocycles. The van der Waals surface area contributed by atoms with E-state index in [-0.39, 0.29) is 6.10 Å². The molecule has 0 aliphatic carbocycles. The first kappa shape index (κ1) is 12.0. The van der Waals surface area contributed by atoms with Crippen LogP contribution in [0.3, 0.4) is 0 Å². The fraction of sp³-hybridized carbons (Fsp3) is 0.455. The van der Waals surface area contributed by atoms with Crippen molar-refractivity contribution in [3.05, 3.63) is 30.9 Å². The van der Waals surface area contributed by atoms with Gasteiger partial charge in [0.05, 0.1) is 31.6 Å². The first-order valence-electron chi connectivity index (χ1n) is 5.98. The predicted molar refractivity (Wildman–Crippen MR) is 64.0 cm³/mol. The lowest BCUT2D eigenvalue weighted by atomic mass is 10.3. The minimum absolute atomic E-state index is 0.0101. The lowest BCUT2D eigenvalue weighted by Gasteiger charge is -2.32. The maximum absolute atomic E-state index is 12.8. The van der Waals surface area contributed by atoms with Gasteiger partial charge in [0.2, 0.25) is 5.95 Å². The van der Waals surface area contributed by atoms with Gasteiger partial charge in [-0.2, -0.15) is 5.10 Å². The van der Waals surface area contributed by atoms with E-state index in [9.17, 15) is 4.39 Å². The standard InChI is InChI=1S/C11H13FN6O/c12-9-3-14-11(15-4-9)17-1-2-19-10(5-17)6-18-8-13-7-16-18/h3-4,7-8,10H,1-2,5-6H2. The van der Waals surface area contributed by atoms with Crippen molar-refractivity contribution in [2.45, 2.75) is 12.6 Å². The number of hydrogen-bond acceptors (Lipinski definition) is 6. The average Bonchev–Trinajstić information content (AvgIpc) is 2.93. The van der Waals surface area contributed by atoms with E-state index < -0.39 is 5.82 Å². The Morgan fingerprint density at radius 1 is 1.37 bits per heavy atom. The summed E-state index contributed by atoms with van der Waals surface area (Å²) in [5.74, 6) is 0.0875. The third-order valence-electron chi connectivity index (χ3n) is 2.89. The maximum Gasteiger partial charge on any atom is 0.225 e. The molecule has 0 saturated carbocycles. The topological polar surface area (TPSA) is 69.0 Å². The predicted octanol–water partition coefficient (Wildman–Crippen LogP) is 0.113. The summed E-state index contributed by atoms with van der Waals surface area (Å²) in [6.45, 7) is 2.54. The molecule has 2 aromatic heterocycles. The number of ether oxygens (including phenoxy) is 1. The number of anilines is 1. The molecule has 3 rings (SSSR count). The molecular formula is C11H13FN6O. The van der Waals surface area contributed by atoms with Gasteiger partial charge < -0.3 is 9.64 Å². The van der Waals surface area contributed by atoms with Crippen LogP contribution in [0.5, 0.6) is 0 Å². The third-order valence-corrected chi connectivity index (χ3v) is 2.89. The fourth-order valence-electron chi connectivity index (χ4n) is 2.02. The average molecular weight is 264 g/mol. The van der Waals surface area contributed by atoms with E-state index in [1.807, 2.05) is 4.90 Å². The quantitative estimate of drug-likeness (QED) is 0.784. The van der Waals surface area contributed by atoms with Crippen molar-refractivity contribution in [1.29, 1.82) is 0 Å². The van der Waals surface area contributed by atoms with Crippen LogP contribution in [0.1, 0.15) is 0 Å². The number of aromatic nitrogens is 5. The summed E-state index contributed by atoms with van der Waals surface area (Å²) >= 11 is 0. The molecule has 0 bridgehead atoms. The van der Waals surface area contributed by atoms with Gasteiger partial charge in [-0.15, -0.1) is 0 Å². The molecule has 19 heavy (non-hydrogen) atoms. The van der Waals surface area contributed by atoms with Gasteiger partial charge in [-0.05, 0) is 0 Å². The fourth-order valence-corrected chi connectivity index (χ4v) is 2.02. The Morgan fingerprint density at radius 2 is 2.21 bits per heavy atom. The highest BCUT2D eigenvalue weighted by Gasteiger charge is 2.22. The first-order valence-corrected chi connectivity index (χ1v) is 5.98. The van der Waals surface area contributed by atoms with E-state index in [4.69, 9.17) is 4.74 Å². The number of morpholine rings is 1. The van der Waals surface area contributed by atoms with Crippen LogP contribution in [0.2, 0.25) is 0 Å². The molecule has 2 aromatic rings. The van der Waals surface area contributed by atoms with Crippen molar-refractivity contribution in [1.82, 2.24) is 24.7 Å². The molecule has 0 amide bonds. The van der Waals surface area contributed by atoms with Crippen LogP contribution in [0, 0.1) is 5.82 Å². The molecule has 0 N–H and O–H groups in total. The van der Waals surface area contributed by atoms with Gasteiger partial charge in [-0.1, -0.05) is 0 Å². The van der Waals surface area contributed by atoms with Gasteiger partial charge in [0.15, 0.2) is 5.82 Å². The Bertz CT molecular complexity index is 516. The summed E-state index contributed by atoms with van der Waals surface area (Å²) in [6, 6.07) is 0. The first-order chi connectivity index (χ1) is 9.31. The van der Waals surface area contributed by atoms with Crippen LogP contribution < -0.4 is 4.90 Å². The van der Waals surface area contributed by atoms with Crippen LogP contribution >= 0.6 is 0 Å². The molecular weight excluding hydrogens is 251 g/mol. The monoisotopic (exact) mass is 264 g/mol. The lowest BCUT2D eigenvalue weighted by Crippen LogP contribution is -2.45. The Labute approximate surface area is 109 Å². The van der Waals surface area contributed by atoms with E-state index >= 15 is 0 Å². The summed E-state index contributed by atoms with van der Waals surface area (Å²) in [6.07, 6.45) is 5.47. The molecule has 1 fully saturated rings. The van der Waals surface area contributed by atoms with Crippen molar-refractivity contribution in [2.75, 3.05) is 24.6 Å². The Balaban J connectivity index is 1.66. The lowest BCUT2D eigenvalue weighted by molar-refractivity contribution is 0.0268. The van der Waals surface area contributed by atoms with Crippen LogP contribution in [-0.2, 0) is 11.3 Å². The van der Waals surface area contributed by atoms with Crippen LogP contribution in [0.4, 0.5) is 10.3 Å². The second-order valence-electron chi connectivity index (χ2n) is 4.26. The third kappa shape index (κ3) is 2.84. The molecule has 0 spiro atoms. The van der Waals surface area contributed by atoms with E-state index in [0.717, 1.165) is 0 Å². The van der Waals surface area contributed by atoms with Gasteiger partial charge in [0.25, 0.3) is 0 Å². The number of nitrogens with zero attached hydrogens (tertiary/aromatic N) is 6. The second kappa shape index (κ2) is 5.27. The summed E-state index contributed by atoms with van der Waals surface area (Å²) in [5.41, 5.74) is 0. The highest BCUT2D eigenvalue weighted by molar-refractivity contribution is 5.29. The van der Waals surface area contributed by atoms with E-state index in [1.165, 1.54) is 18.7 Å². The Kier molecular flexibility index (Phi) is 3.32. The Hall–Kier alpha value is -2.09. The molecule has 1 saturated heterocycles. The number of hydrogen-bond donors (Lipinski definition) is 0. The molecule has 0 aromatic carbocycles. The largest absolute Gasteiger partial charge is 0.373 e. The second-order valence-corrected chi connectivity index (χ2v) is 4.26. The number of halogens is 1. The molecule has 100 valence electrons. The van der Waals surface area contributed by atoms with Gasteiger partial charge in [-0.25, -0.2) is 19.3 Å². The zero-order chi connectivity index (χ0) is 13.1. The van der Waals surface area contributed by atoms with Gasteiger partial charge >= 0.3 is 0 Å². The van der Waals surface area contributed by atoms with E-state index in [2.05, 4.69) is 20.1 Å². The minimum Gasteiger partial charge on any atom is -0.373 e. The van der Waals surface area contributed by atoms with Crippen LogP contribution in [0.25, 0.3) is 0 Å². The molecule has 0 radical (unpaired) electrons. The van der Waals surface area contributed by atoms with Gasteiger partial charge in [-0.3, -0.25) is 4.68 Å². The van der Waals surface area contributed by atoms with Crippen molar-refractivity contribution in [3.8, 4) is 0 Å². The molecule has 1 aliphatic rings. The molecule has 1 unspecified atom stereocenters. The van der Waals surface area contributed by atoms with E-state index in [0.29, 0.717) is 32.2 Å². The van der Waals surface area contributed by atoms with Crippen molar-refractivity contribution in [2.24, 2.45) is 0 Å². The van der Waals surface area contributed by atoms with Gasteiger partial charge in [0.1, 0.15) is 12.7 Å². The van der Waals surface area contributed by atoms with Crippen LogP contribution in [-0.4, -0.2) is 50.5 Å². The summed E-state index contributed by atoms with van der Waals surface area (Å²) in [5, 5.41) is 4.05. The maximum atomic E-state index is 12.8. The van der Waals surface area contributed by atoms with Gasteiger partial charge in [0, 0.05) is 13.1 Å². The molecule has 1 atom stereocenters. The SMILES string of the molecule is Fc1cnc(N2CCOC(Cn3cncn3)C2)nc1. The Morgan fingerprint density at radius 3 is 2.95 bits per heavy atom. The molecule has 7 nitrogen and oxygen atoms in total. The normalized spacial score (nSPS) is 19.6. The molecule has 8 heteroatoms. The highest BCUT2D eigenvalue weighted by Crippen LogP contribution is 2.13. The zero-order valence-electron chi connectivity index (χ0n) is 10.2. The van der Waals surface area contributed by atoms with E-state index in [1.54, 1.807) is 11.0 Å². The number of rotatable bonds is 3. The zero-order valence-corrected chi connectivity index (χ0v) is 10.2. The summed E-state index contributed by atoms with van der Waals surface area (Å²) < 4.78 is 20.2. The van der Waals surface area contributed by atoms with Crippen molar-refractivity contribution >= 4 is 5.95 Å². The van der Waals surface area contributed by atoms with Crippen LogP contribution in [0.15, 0.2) is 25.0 Å². The highest BCUT2D eigenvalue weighted by atomic mass is 19.1. The van der Waals surface area contributed by atoms with Crippen molar-refractivity contribution < 1.29 is 9.13 Å². The molecule has 1 aliphatic heterocycles.